The Morgan fingerprint density at radius 1 is 0.857 bits per heavy atom. The highest BCUT2D eigenvalue weighted by Crippen LogP contribution is 2.19. The molecule has 0 N–H and O–H groups in total. The third-order valence-corrected chi connectivity index (χ3v) is 5.80. The Morgan fingerprint density at radius 3 is 1.64 bits per heavy atom. The number of carbonyl (C=O) groups excluding carboxylic acids is 1. The molecule has 2 rings (SSSR count). The summed E-state index contributed by atoms with van der Waals surface area (Å²) in [5.74, 6) is 0.609. The maximum absolute atomic E-state index is 12.9. The summed E-state index contributed by atoms with van der Waals surface area (Å²) in [6.07, 6.45) is 0. The molecule has 0 fully saturated rings. The molecule has 152 valence electrons. The third-order valence-electron chi connectivity index (χ3n) is 4.08. The minimum Gasteiger partial charge on any atom is -0.497 e. The molecule has 8 heteroatoms. The van der Waals surface area contributed by atoms with Gasteiger partial charge in [-0.1, -0.05) is 24.3 Å². The van der Waals surface area contributed by atoms with Gasteiger partial charge in [-0.25, -0.2) is 8.42 Å². The number of ether oxygens (including phenoxy) is 3. The standard InChI is InChI=1S/C20H25NO6S/c1-16(22)27-12-13-28(23,24)21(14-17-4-8-19(25-2)9-5-17)15-18-6-10-20(26-3)11-7-18/h4-11H,12-15H2,1-3H3. The first kappa shape index (κ1) is 21.7. The van der Waals surface area contributed by atoms with Crippen LogP contribution < -0.4 is 9.47 Å². The molecule has 0 spiro atoms. The normalized spacial score (nSPS) is 11.3. The van der Waals surface area contributed by atoms with Gasteiger partial charge >= 0.3 is 5.97 Å². The summed E-state index contributed by atoms with van der Waals surface area (Å²) < 4.78 is 42.2. The predicted octanol–water partition coefficient (Wildman–Crippen LogP) is 2.60. The van der Waals surface area contributed by atoms with Crippen molar-refractivity contribution in [2.75, 3.05) is 26.6 Å². The van der Waals surface area contributed by atoms with E-state index in [9.17, 15) is 13.2 Å². The zero-order valence-electron chi connectivity index (χ0n) is 16.3. The van der Waals surface area contributed by atoms with Crippen molar-refractivity contribution >= 4 is 16.0 Å². The van der Waals surface area contributed by atoms with E-state index < -0.39 is 16.0 Å². The van der Waals surface area contributed by atoms with Crippen LogP contribution in [0.15, 0.2) is 48.5 Å². The average Bonchev–Trinajstić information content (AvgIpc) is 2.68. The van der Waals surface area contributed by atoms with Crippen LogP contribution in [0, 0.1) is 0 Å². The van der Waals surface area contributed by atoms with Crippen LogP contribution in [0.4, 0.5) is 0 Å². The molecule has 0 atom stereocenters. The lowest BCUT2D eigenvalue weighted by Crippen LogP contribution is -2.33. The Hall–Kier alpha value is -2.58. The molecule has 2 aromatic carbocycles. The molecule has 0 aromatic heterocycles. The van der Waals surface area contributed by atoms with Crippen LogP contribution in [0.3, 0.4) is 0 Å². The van der Waals surface area contributed by atoms with E-state index in [2.05, 4.69) is 0 Å². The van der Waals surface area contributed by atoms with Crippen LogP contribution in [0.2, 0.25) is 0 Å². The first-order valence-electron chi connectivity index (χ1n) is 8.71. The van der Waals surface area contributed by atoms with Gasteiger partial charge in [-0.3, -0.25) is 4.79 Å². The SMILES string of the molecule is COc1ccc(CN(Cc2ccc(OC)cc2)S(=O)(=O)CCOC(C)=O)cc1. The van der Waals surface area contributed by atoms with Gasteiger partial charge in [-0.05, 0) is 35.4 Å². The van der Waals surface area contributed by atoms with Crippen molar-refractivity contribution in [2.24, 2.45) is 0 Å². The highest BCUT2D eigenvalue weighted by Gasteiger charge is 2.23. The Morgan fingerprint density at radius 2 is 1.29 bits per heavy atom. The van der Waals surface area contributed by atoms with E-state index in [1.165, 1.54) is 11.2 Å². The zero-order valence-corrected chi connectivity index (χ0v) is 17.1. The number of benzene rings is 2. The van der Waals surface area contributed by atoms with Gasteiger partial charge in [0.05, 0.1) is 20.0 Å². The van der Waals surface area contributed by atoms with Crippen LogP contribution in [0.25, 0.3) is 0 Å². The Balaban J connectivity index is 2.20. The van der Waals surface area contributed by atoms with Crippen LogP contribution in [0.5, 0.6) is 11.5 Å². The molecule has 0 saturated carbocycles. The summed E-state index contributed by atoms with van der Waals surface area (Å²) >= 11 is 0. The topological polar surface area (TPSA) is 82.1 Å². The monoisotopic (exact) mass is 407 g/mol. The van der Waals surface area contributed by atoms with Gasteiger partial charge < -0.3 is 14.2 Å². The van der Waals surface area contributed by atoms with Crippen molar-refractivity contribution < 1.29 is 27.4 Å². The van der Waals surface area contributed by atoms with Crippen LogP contribution in [-0.2, 0) is 32.6 Å². The van der Waals surface area contributed by atoms with Gasteiger partial charge in [0.15, 0.2) is 0 Å². The second kappa shape index (κ2) is 10.1. The van der Waals surface area contributed by atoms with Crippen LogP contribution >= 0.6 is 0 Å². The van der Waals surface area contributed by atoms with Gasteiger partial charge in [0.1, 0.15) is 18.1 Å². The number of hydrogen-bond acceptors (Lipinski definition) is 6. The Bertz CT molecular complexity index is 813. The van der Waals surface area contributed by atoms with E-state index in [4.69, 9.17) is 14.2 Å². The highest BCUT2D eigenvalue weighted by atomic mass is 32.2. The molecule has 0 aliphatic carbocycles. The van der Waals surface area contributed by atoms with Crippen molar-refractivity contribution in [3.63, 3.8) is 0 Å². The molecule has 2 aromatic rings. The molecule has 28 heavy (non-hydrogen) atoms. The summed E-state index contributed by atoms with van der Waals surface area (Å²) in [4.78, 5) is 10.9. The van der Waals surface area contributed by atoms with Gasteiger partial charge in [-0.2, -0.15) is 4.31 Å². The van der Waals surface area contributed by atoms with Crippen molar-refractivity contribution in [3.05, 3.63) is 59.7 Å². The number of sulfonamides is 1. The fourth-order valence-corrected chi connectivity index (χ4v) is 3.79. The Labute approximate surface area is 165 Å². The first-order chi connectivity index (χ1) is 13.3. The van der Waals surface area contributed by atoms with Gasteiger partial charge in [0.2, 0.25) is 10.0 Å². The lowest BCUT2D eigenvalue weighted by atomic mass is 10.2. The van der Waals surface area contributed by atoms with E-state index in [0.29, 0.717) is 11.5 Å². The number of esters is 1. The van der Waals surface area contributed by atoms with Crippen molar-refractivity contribution in [1.29, 1.82) is 0 Å². The molecular weight excluding hydrogens is 382 g/mol. The molecule has 0 saturated heterocycles. The lowest BCUT2D eigenvalue weighted by molar-refractivity contribution is -0.140. The fourth-order valence-electron chi connectivity index (χ4n) is 2.54. The second-order valence-corrected chi connectivity index (χ2v) is 8.21. The minimum atomic E-state index is -3.65. The van der Waals surface area contributed by atoms with E-state index in [0.717, 1.165) is 11.1 Å². The number of carbonyl (C=O) groups is 1. The highest BCUT2D eigenvalue weighted by molar-refractivity contribution is 7.89. The summed E-state index contributed by atoms with van der Waals surface area (Å²) in [5.41, 5.74) is 1.65. The van der Waals surface area contributed by atoms with Crippen LogP contribution in [-0.4, -0.2) is 45.3 Å². The maximum Gasteiger partial charge on any atom is 0.302 e. The van der Waals surface area contributed by atoms with Crippen molar-refractivity contribution in [3.8, 4) is 11.5 Å². The molecule has 0 aliphatic heterocycles. The van der Waals surface area contributed by atoms with E-state index in [1.54, 1.807) is 38.5 Å². The molecule has 0 radical (unpaired) electrons. The van der Waals surface area contributed by atoms with Crippen LogP contribution in [0.1, 0.15) is 18.1 Å². The molecular formula is C20H25NO6S. The molecule has 7 nitrogen and oxygen atoms in total. The lowest BCUT2D eigenvalue weighted by Gasteiger charge is -2.22. The summed E-state index contributed by atoms with van der Waals surface area (Å²) in [5, 5.41) is 0. The zero-order chi connectivity index (χ0) is 20.6. The molecule has 0 unspecified atom stereocenters. The summed E-state index contributed by atoms with van der Waals surface area (Å²) in [6.45, 7) is 1.45. The van der Waals surface area contributed by atoms with E-state index in [-0.39, 0.29) is 25.4 Å². The Kier molecular flexibility index (Phi) is 7.83. The minimum absolute atomic E-state index is 0.181. The summed E-state index contributed by atoms with van der Waals surface area (Å²) in [7, 11) is -0.504. The quantitative estimate of drug-likeness (QED) is 0.563. The predicted molar refractivity (Wildman–Crippen MR) is 106 cm³/mol. The van der Waals surface area contributed by atoms with E-state index in [1.807, 2.05) is 24.3 Å². The average molecular weight is 407 g/mol. The number of nitrogens with zero attached hydrogens (tertiary/aromatic N) is 1. The number of methoxy groups -OCH3 is 2. The maximum atomic E-state index is 12.9. The number of rotatable bonds is 10. The smallest absolute Gasteiger partial charge is 0.302 e. The van der Waals surface area contributed by atoms with Gasteiger partial charge in [-0.15, -0.1) is 0 Å². The molecule has 0 amide bonds. The summed E-state index contributed by atoms with van der Waals surface area (Å²) in [6, 6.07) is 14.4. The fraction of sp³-hybridized carbons (Fsp3) is 0.350. The second-order valence-electron chi connectivity index (χ2n) is 6.12. The van der Waals surface area contributed by atoms with E-state index >= 15 is 0 Å². The van der Waals surface area contributed by atoms with Crippen molar-refractivity contribution in [1.82, 2.24) is 4.31 Å². The van der Waals surface area contributed by atoms with Gasteiger partial charge in [0.25, 0.3) is 0 Å². The van der Waals surface area contributed by atoms with Crippen molar-refractivity contribution in [2.45, 2.75) is 20.0 Å². The third kappa shape index (κ3) is 6.54. The molecule has 0 aliphatic rings. The number of hydrogen-bond donors (Lipinski definition) is 0. The first-order valence-corrected chi connectivity index (χ1v) is 10.3. The largest absolute Gasteiger partial charge is 0.497 e. The molecule has 0 heterocycles. The molecule has 0 bridgehead atoms. The van der Waals surface area contributed by atoms with Gasteiger partial charge in [0, 0.05) is 20.0 Å².